The van der Waals surface area contributed by atoms with E-state index in [4.69, 9.17) is 0 Å². The van der Waals surface area contributed by atoms with Crippen LogP contribution in [0.2, 0.25) is 0 Å². The molecule has 0 radical (unpaired) electrons. The quantitative estimate of drug-likeness (QED) is 0.312. The van der Waals surface area contributed by atoms with E-state index < -0.39 is 17.2 Å². The zero-order chi connectivity index (χ0) is 15.0. The number of allylic oxidation sites excluding steroid dienone is 1. The molecule has 2 aromatic carbocycles. The standard InChI is InChI=1S/C15H14O5/c1-7(2)3-4-8-13(18)11-9(16)5-6-10(17)12(11)15(20)14(8)19/h4-6,16-20H,1-2H3. The second kappa shape index (κ2) is 4.72. The molecule has 0 aliphatic rings. The zero-order valence-corrected chi connectivity index (χ0v) is 11.0. The normalized spacial score (nSPS) is 10.3. The lowest BCUT2D eigenvalue weighted by Crippen LogP contribution is -1.85. The van der Waals surface area contributed by atoms with Crippen molar-refractivity contribution in [2.45, 2.75) is 13.8 Å². The maximum atomic E-state index is 10.2. The highest BCUT2D eigenvalue weighted by atomic mass is 16.3. The first kappa shape index (κ1) is 13.6. The molecule has 20 heavy (non-hydrogen) atoms. The van der Waals surface area contributed by atoms with Crippen LogP contribution >= 0.6 is 0 Å². The summed E-state index contributed by atoms with van der Waals surface area (Å²) in [4.78, 5) is 0. The molecule has 5 heteroatoms. The summed E-state index contributed by atoms with van der Waals surface area (Å²) >= 11 is 0. The van der Waals surface area contributed by atoms with Gasteiger partial charge in [0.15, 0.2) is 11.5 Å². The van der Waals surface area contributed by atoms with E-state index in [1.54, 1.807) is 13.8 Å². The maximum Gasteiger partial charge on any atom is 0.170 e. The van der Waals surface area contributed by atoms with Crippen LogP contribution in [0.4, 0.5) is 0 Å². The summed E-state index contributed by atoms with van der Waals surface area (Å²) < 4.78 is 0. The molecule has 0 saturated carbocycles. The van der Waals surface area contributed by atoms with Gasteiger partial charge in [-0.1, -0.05) is 0 Å². The molecule has 104 valence electrons. The number of rotatable bonds is 1. The summed E-state index contributed by atoms with van der Waals surface area (Å²) in [6.45, 7) is 3.55. The van der Waals surface area contributed by atoms with Crippen molar-refractivity contribution in [2.75, 3.05) is 0 Å². The fraction of sp³-hybridized carbons (Fsp3) is 0.133. The summed E-state index contributed by atoms with van der Waals surface area (Å²) in [6.07, 6.45) is 1.29. The van der Waals surface area contributed by atoms with E-state index in [1.165, 1.54) is 12.1 Å². The van der Waals surface area contributed by atoms with Crippen molar-refractivity contribution < 1.29 is 25.5 Å². The van der Waals surface area contributed by atoms with Gasteiger partial charge in [0.05, 0.1) is 16.3 Å². The molecule has 0 saturated heterocycles. The fourth-order valence-corrected chi connectivity index (χ4v) is 1.91. The summed E-state index contributed by atoms with van der Waals surface area (Å²) in [7, 11) is 0. The van der Waals surface area contributed by atoms with Crippen molar-refractivity contribution in [3.05, 3.63) is 29.0 Å². The molecule has 0 unspecified atom stereocenters. The topological polar surface area (TPSA) is 101 Å². The van der Waals surface area contributed by atoms with E-state index in [1.807, 2.05) is 0 Å². The van der Waals surface area contributed by atoms with E-state index in [0.717, 1.165) is 11.6 Å². The third-order valence-electron chi connectivity index (χ3n) is 2.87. The Hall–Kier alpha value is -2.78. The molecule has 2 aromatic rings. The molecular formula is C15H14O5. The van der Waals surface area contributed by atoms with Crippen LogP contribution in [0.25, 0.3) is 16.8 Å². The Morgan fingerprint density at radius 2 is 1.35 bits per heavy atom. The van der Waals surface area contributed by atoms with Crippen molar-refractivity contribution in [1.29, 1.82) is 0 Å². The molecule has 0 bridgehead atoms. The molecule has 5 N–H and O–H groups in total. The molecule has 0 amide bonds. The van der Waals surface area contributed by atoms with Gasteiger partial charge in [-0.2, -0.15) is 0 Å². The van der Waals surface area contributed by atoms with Gasteiger partial charge in [0, 0.05) is 0 Å². The molecule has 0 aliphatic heterocycles. The van der Waals surface area contributed by atoms with Crippen molar-refractivity contribution in [1.82, 2.24) is 0 Å². The smallest absolute Gasteiger partial charge is 0.170 e. The Morgan fingerprint density at radius 3 is 1.85 bits per heavy atom. The SMILES string of the molecule is CC(C)=C=Cc1c(O)c(O)c2c(O)ccc(O)c2c1O. The van der Waals surface area contributed by atoms with Crippen LogP contribution in [0.1, 0.15) is 19.4 Å². The number of phenolic OH excluding ortho intramolecular Hbond substituents is 5. The first-order valence-corrected chi connectivity index (χ1v) is 5.86. The Balaban J connectivity index is 3.01. The van der Waals surface area contributed by atoms with Crippen LogP contribution in [-0.2, 0) is 0 Å². The number of hydrogen-bond donors (Lipinski definition) is 5. The molecular weight excluding hydrogens is 260 g/mol. The Labute approximate surface area is 115 Å². The van der Waals surface area contributed by atoms with Gasteiger partial charge in [0.1, 0.15) is 17.2 Å². The second-order valence-electron chi connectivity index (χ2n) is 4.60. The number of aromatic hydroxyl groups is 5. The molecule has 2 rings (SSSR count). The van der Waals surface area contributed by atoms with Gasteiger partial charge in [-0.05, 0) is 37.6 Å². The third kappa shape index (κ3) is 2.00. The van der Waals surface area contributed by atoms with Crippen LogP contribution in [0.3, 0.4) is 0 Å². The second-order valence-corrected chi connectivity index (χ2v) is 4.60. The minimum atomic E-state index is -0.618. The monoisotopic (exact) mass is 274 g/mol. The Kier molecular flexibility index (Phi) is 3.22. The van der Waals surface area contributed by atoms with E-state index in [-0.39, 0.29) is 27.8 Å². The molecule has 0 spiro atoms. The van der Waals surface area contributed by atoms with Crippen LogP contribution in [0, 0.1) is 0 Å². The van der Waals surface area contributed by atoms with Gasteiger partial charge >= 0.3 is 0 Å². The molecule has 0 heterocycles. The average Bonchev–Trinajstić information content (AvgIpc) is 2.38. The molecule has 0 aliphatic carbocycles. The molecule has 0 atom stereocenters. The van der Waals surface area contributed by atoms with Gasteiger partial charge in [-0.25, -0.2) is 0 Å². The summed E-state index contributed by atoms with van der Waals surface area (Å²) in [6, 6.07) is 2.34. The predicted molar refractivity (Wildman–Crippen MR) is 75.1 cm³/mol. The number of phenols is 5. The summed E-state index contributed by atoms with van der Waals surface area (Å²) in [5.41, 5.74) is 3.49. The predicted octanol–water partition coefficient (Wildman–Crippen LogP) is 2.95. The van der Waals surface area contributed by atoms with E-state index in [0.29, 0.717) is 0 Å². The molecule has 5 nitrogen and oxygen atoms in total. The number of fused-ring (bicyclic) bond motifs is 1. The highest BCUT2D eigenvalue weighted by Gasteiger charge is 2.21. The van der Waals surface area contributed by atoms with Gasteiger partial charge in [0.25, 0.3) is 0 Å². The zero-order valence-electron chi connectivity index (χ0n) is 11.0. The molecule has 0 fully saturated rings. The van der Waals surface area contributed by atoms with Crippen molar-refractivity contribution >= 4 is 16.8 Å². The highest BCUT2D eigenvalue weighted by molar-refractivity contribution is 6.05. The van der Waals surface area contributed by atoms with Gasteiger partial charge in [-0.15, -0.1) is 5.73 Å². The minimum Gasteiger partial charge on any atom is -0.507 e. The first-order valence-electron chi connectivity index (χ1n) is 5.86. The summed E-state index contributed by atoms with van der Waals surface area (Å²) in [5, 5.41) is 49.2. The minimum absolute atomic E-state index is 0.0860. The highest BCUT2D eigenvalue weighted by Crippen LogP contribution is 2.50. The van der Waals surface area contributed by atoms with Crippen LogP contribution in [-0.4, -0.2) is 25.5 Å². The van der Waals surface area contributed by atoms with Crippen LogP contribution < -0.4 is 0 Å². The lowest BCUT2D eigenvalue weighted by molar-refractivity contribution is 0.397. The third-order valence-corrected chi connectivity index (χ3v) is 2.87. The van der Waals surface area contributed by atoms with Crippen LogP contribution in [0.5, 0.6) is 28.7 Å². The van der Waals surface area contributed by atoms with E-state index in [9.17, 15) is 25.5 Å². The van der Waals surface area contributed by atoms with Crippen LogP contribution in [0.15, 0.2) is 23.4 Å². The lowest BCUT2D eigenvalue weighted by Gasteiger charge is -2.12. The average molecular weight is 274 g/mol. The van der Waals surface area contributed by atoms with Gasteiger partial charge < -0.3 is 25.5 Å². The van der Waals surface area contributed by atoms with Crippen molar-refractivity contribution in [3.8, 4) is 28.7 Å². The first-order chi connectivity index (χ1) is 9.34. The van der Waals surface area contributed by atoms with E-state index >= 15 is 0 Å². The Morgan fingerprint density at radius 1 is 0.850 bits per heavy atom. The Bertz CT molecular complexity index is 764. The largest absolute Gasteiger partial charge is 0.507 e. The number of benzene rings is 2. The van der Waals surface area contributed by atoms with Gasteiger partial charge in [-0.3, -0.25) is 0 Å². The lowest BCUT2D eigenvalue weighted by atomic mass is 10.0. The maximum absolute atomic E-state index is 10.2. The molecule has 0 aromatic heterocycles. The van der Waals surface area contributed by atoms with Gasteiger partial charge in [0.2, 0.25) is 0 Å². The van der Waals surface area contributed by atoms with Crippen molar-refractivity contribution in [3.63, 3.8) is 0 Å². The fourth-order valence-electron chi connectivity index (χ4n) is 1.91. The summed E-state index contributed by atoms with van der Waals surface area (Å²) in [5.74, 6) is -2.34. The van der Waals surface area contributed by atoms with E-state index in [2.05, 4.69) is 5.73 Å². The number of hydrogen-bond acceptors (Lipinski definition) is 5. The van der Waals surface area contributed by atoms with Crippen molar-refractivity contribution in [2.24, 2.45) is 0 Å².